The first-order valence-corrected chi connectivity index (χ1v) is 6.81. The van der Waals surface area contributed by atoms with Gasteiger partial charge in [0.2, 0.25) is 5.91 Å². The Morgan fingerprint density at radius 2 is 1.89 bits per heavy atom. The molecule has 1 heterocycles. The fraction of sp³-hybridized carbons (Fsp3) is 0.692. The van der Waals surface area contributed by atoms with E-state index in [1.807, 2.05) is 0 Å². The van der Waals surface area contributed by atoms with E-state index in [-0.39, 0.29) is 5.91 Å². The van der Waals surface area contributed by atoms with Gasteiger partial charge in [-0.2, -0.15) is 0 Å². The summed E-state index contributed by atoms with van der Waals surface area (Å²) in [4.78, 5) is 25.2. The predicted molar refractivity (Wildman–Crippen MR) is 65.6 cm³/mol. The summed E-state index contributed by atoms with van der Waals surface area (Å²) in [5, 5.41) is 11.7. The van der Waals surface area contributed by atoms with Gasteiger partial charge in [0, 0.05) is 30.0 Å². The molecule has 0 aromatic heterocycles. The van der Waals surface area contributed by atoms with Gasteiger partial charge in [-0.25, -0.2) is 0 Å². The third kappa shape index (κ3) is 2.86. The van der Waals surface area contributed by atoms with E-state index in [2.05, 4.69) is 0 Å². The van der Waals surface area contributed by atoms with Crippen LogP contribution in [0.5, 0.6) is 0 Å². The number of hydrogen-bond donors (Lipinski definition) is 0. The quantitative estimate of drug-likeness (QED) is 0.749. The zero-order valence-corrected chi connectivity index (χ0v) is 11.0. The van der Waals surface area contributed by atoms with Crippen LogP contribution >= 0.6 is 11.6 Å². The Bertz CT molecular complexity index is 374. The second-order valence-corrected chi connectivity index (χ2v) is 5.49. The average molecular weight is 271 g/mol. The lowest BCUT2D eigenvalue weighted by Crippen LogP contribution is -2.47. The molecule has 0 saturated carbocycles. The maximum absolute atomic E-state index is 12.4. The number of carboxylic acids is 1. The lowest BCUT2D eigenvalue weighted by molar-refractivity contribution is -0.313. The third-order valence-corrected chi connectivity index (χ3v) is 4.09. The van der Waals surface area contributed by atoms with Gasteiger partial charge in [-0.1, -0.05) is 17.7 Å². The number of likely N-dealkylation sites (tertiary alicyclic amines) is 1. The van der Waals surface area contributed by atoms with Gasteiger partial charge in [-0.3, -0.25) is 4.79 Å². The van der Waals surface area contributed by atoms with Crippen LogP contribution in [0.2, 0.25) is 0 Å². The van der Waals surface area contributed by atoms with Crippen LogP contribution in [0.1, 0.15) is 32.1 Å². The van der Waals surface area contributed by atoms with Crippen molar-refractivity contribution in [2.75, 3.05) is 13.1 Å². The molecule has 0 aromatic carbocycles. The number of amides is 1. The molecule has 5 heteroatoms. The summed E-state index contributed by atoms with van der Waals surface area (Å²) in [6.45, 7) is 1.47. The number of rotatable bonds is 2. The number of carbonyl (C=O) groups is 2. The normalized spacial score (nSPS) is 28.7. The van der Waals surface area contributed by atoms with Crippen LogP contribution in [0.25, 0.3) is 0 Å². The second-order valence-electron chi connectivity index (χ2n) is 5.01. The molecule has 1 amide bonds. The Hall–Kier alpha value is -1.03. The maximum atomic E-state index is 12.4. The van der Waals surface area contributed by atoms with Crippen molar-refractivity contribution in [3.05, 3.63) is 11.1 Å². The Balaban J connectivity index is 2.10. The van der Waals surface area contributed by atoms with E-state index < -0.39 is 17.8 Å². The Kier molecular flexibility index (Phi) is 4.27. The monoisotopic (exact) mass is 270 g/mol. The van der Waals surface area contributed by atoms with Crippen LogP contribution in [0.15, 0.2) is 11.1 Å². The number of halogens is 1. The standard InChI is InChI=1S/C13H18ClNO3/c14-9-4-5-10(13(17)18)11(8-9)12(16)15-6-2-1-3-7-15/h4,10-11H,1-3,5-8H2,(H,17,18)/p-1/t10-,11-/m1/s1. The second kappa shape index (κ2) is 5.74. The fourth-order valence-corrected chi connectivity index (χ4v) is 2.98. The molecule has 100 valence electrons. The summed E-state index contributed by atoms with van der Waals surface area (Å²) < 4.78 is 0. The van der Waals surface area contributed by atoms with Crippen LogP contribution < -0.4 is 5.11 Å². The molecule has 1 aliphatic carbocycles. The van der Waals surface area contributed by atoms with Gasteiger partial charge >= 0.3 is 0 Å². The van der Waals surface area contributed by atoms with Crippen molar-refractivity contribution >= 4 is 23.5 Å². The zero-order valence-electron chi connectivity index (χ0n) is 10.2. The van der Waals surface area contributed by atoms with Gasteiger partial charge in [-0.15, -0.1) is 0 Å². The first-order chi connectivity index (χ1) is 8.59. The number of hydrogen-bond acceptors (Lipinski definition) is 3. The van der Waals surface area contributed by atoms with Crippen LogP contribution in [-0.4, -0.2) is 29.9 Å². The van der Waals surface area contributed by atoms with Gasteiger partial charge < -0.3 is 14.8 Å². The summed E-state index contributed by atoms with van der Waals surface area (Å²) in [6.07, 6.45) is 5.44. The Morgan fingerprint density at radius 3 is 2.50 bits per heavy atom. The summed E-state index contributed by atoms with van der Waals surface area (Å²) in [7, 11) is 0. The minimum atomic E-state index is -1.15. The number of nitrogens with zero attached hydrogens (tertiary/aromatic N) is 1. The Morgan fingerprint density at radius 1 is 1.22 bits per heavy atom. The van der Waals surface area contributed by atoms with Gasteiger partial charge in [0.1, 0.15) is 0 Å². The topological polar surface area (TPSA) is 60.4 Å². The van der Waals surface area contributed by atoms with Crippen molar-refractivity contribution in [2.24, 2.45) is 11.8 Å². The van der Waals surface area contributed by atoms with Crippen molar-refractivity contribution in [1.29, 1.82) is 0 Å². The number of allylic oxidation sites excluding steroid dienone is 2. The molecular weight excluding hydrogens is 254 g/mol. The van der Waals surface area contributed by atoms with E-state index >= 15 is 0 Å². The first kappa shape index (κ1) is 13.4. The molecule has 0 bridgehead atoms. The molecule has 1 fully saturated rings. The summed E-state index contributed by atoms with van der Waals surface area (Å²) in [6, 6.07) is 0. The van der Waals surface area contributed by atoms with Crippen molar-refractivity contribution in [3.63, 3.8) is 0 Å². The van der Waals surface area contributed by atoms with Crippen LogP contribution in [-0.2, 0) is 9.59 Å². The lowest BCUT2D eigenvalue weighted by atomic mass is 9.81. The highest BCUT2D eigenvalue weighted by Crippen LogP contribution is 2.33. The maximum Gasteiger partial charge on any atom is 0.226 e. The molecule has 1 saturated heterocycles. The van der Waals surface area contributed by atoms with E-state index in [9.17, 15) is 14.7 Å². The largest absolute Gasteiger partial charge is 0.550 e. The molecule has 0 aromatic rings. The molecule has 0 N–H and O–H groups in total. The molecule has 0 unspecified atom stereocenters. The van der Waals surface area contributed by atoms with Crippen molar-refractivity contribution in [2.45, 2.75) is 32.1 Å². The highest BCUT2D eigenvalue weighted by molar-refractivity contribution is 6.29. The number of piperidine rings is 1. The molecule has 1 aliphatic heterocycles. The smallest absolute Gasteiger partial charge is 0.226 e. The minimum Gasteiger partial charge on any atom is -0.550 e. The molecule has 2 rings (SSSR count). The zero-order chi connectivity index (χ0) is 13.1. The first-order valence-electron chi connectivity index (χ1n) is 6.44. The van der Waals surface area contributed by atoms with E-state index in [4.69, 9.17) is 11.6 Å². The van der Waals surface area contributed by atoms with Crippen molar-refractivity contribution < 1.29 is 14.7 Å². The molecular formula is C13H17ClNO3-. The van der Waals surface area contributed by atoms with E-state index in [0.717, 1.165) is 32.4 Å². The van der Waals surface area contributed by atoms with Crippen LogP contribution in [0.3, 0.4) is 0 Å². The Labute approximate surface area is 112 Å². The van der Waals surface area contributed by atoms with Crippen molar-refractivity contribution in [3.8, 4) is 0 Å². The molecule has 4 nitrogen and oxygen atoms in total. The summed E-state index contributed by atoms with van der Waals surface area (Å²) in [5.74, 6) is -2.51. The number of aliphatic carboxylic acids is 1. The van der Waals surface area contributed by atoms with E-state index in [0.29, 0.717) is 17.9 Å². The minimum absolute atomic E-state index is 0.0739. The molecule has 2 aliphatic rings. The summed E-state index contributed by atoms with van der Waals surface area (Å²) >= 11 is 5.94. The highest BCUT2D eigenvalue weighted by Gasteiger charge is 2.35. The van der Waals surface area contributed by atoms with Gasteiger partial charge in [0.15, 0.2) is 0 Å². The lowest BCUT2D eigenvalue weighted by Gasteiger charge is -2.35. The van der Waals surface area contributed by atoms with Gasteiger partial charge in [0.05, 0.1) is 5.92 Å². The van der Waals surface area contributed by atoms with Gasteiger partial charge in [-0.05, 0) is 32.1 Å². The third-order valence-electron chi connectivity index (χ3n) is 3.78. The number of carboxylic acid groups (broad SMARTS) is 1. The SMILES string of the molecule is O=C([O-])[C@@H]1CC=C(Cl)C[C@H]1C(=O)N1CCCCC1. The van der Waals surface area contributed by atoms with Gasteiger partial charge in [0.25, 0.3) is 0 Å². The molecule has 0 radical (unpaired) electrons. The molecule has 2 atom stereocenters. The van der Waals surface area contributed by atoms with Crippen LogP contribution in [0, 0.1) is 11.8 Å². The summed E-state index contributed by atoms with van der Waals surface area (Å²) in [5.41, 5.74) is 0. The molecule has 0 spiro atoms. The number of carbonyl (C=O) groups excluding carboxylic acids is 2. The highest BCUT2D eigenvalue weighted by atomic mass is 35.5. The fourth-order valence-electron chi connectivity index (χ4n) is 2.72. The average Bonchev–Trinajstić information content (AvgIpc) is 2.38. The van der Waals surface area contributed by atoms with Crippen LogP contribution in [0.4, 0.5) is 0 Å². The molecule has 18 heavy (non-hydrogen) atoms. The van der Waals surface area contributed by atoms with Crippen molar-refractivity contribution in [1.82, 2.24) is 4.90 Å². The van der Waals surface area contributed by atoms with E-state index in [1.165, 1.54) is 0 Å². The van der Waals surface area contributed by atoms with E-state index in [1.54, 1.807) is 11.0 Å². The predicted octanol–water partition coefficient (Wildman–Crippen LogP) is 0.898.